The quantitative estimate of drug-likeness (QED) is 0.461. The molecule has 1 aromatic heterocycles. The summed E-state index contributed by atoms with van der Waals surface area (Å²) in [4.78, 5) is 11.7. The molecular weight excluding hydrogens is 410 g/mol. The summed E-state index contributed by atoms with van der Waals surface area (Å²) < 4.78 is 27.4. The van der Waals surface area contributed by atoms with E-state index in [-0.39, 0.29) is 12.6 Å². The second-order valence-electron chi connectivity index (χ2n) is 7.79. The Kier molecular flexibility index (Phi) is 6.58. The van der Waals surface area contributed by atoms with Crippen molar-refractivity contribution in [3.63, 3.8) is 0 Å². The largest absolute Gasteiger partial charge is 0.489 e. The molecule has 1 aliphatic rings. The maximum Gasteiger partial charge on any atom is 0.332 e. The zero-order chi connectivity index (χ0) is 22.6. The van der Waals surface area contributed by atoms with E-state index in [0.29, 0.717) is 26.4 Å². The maximum atomic E-state index is 11.7. The zero-order valence-corrected chi connectivity index (χ0v) is 18.6. The van der Waals surface area contributed by atoms with Gasteiger partial charge in [-0.25, -0.2) is 4.79 Å². The SMILES string of the molecule is CCOC(=O)COC1(c2ccc(OCc3cccc(-c4c(C)noc4C)c3)cc2)COC1. The molecule has 168 valence electrons. The van der Waals surface area contributed by atoms with Crippen molar-refractivity contribution in [1.29, 1.82) is 0 Å². The van der Waals surface area contributed by atoms with Gasteiger partial charge in [0.1, 0.15) is 30.3 Å². The van der Waals surface area contributed by atoms with E-state index >= 15 is 0 Å². The first kappa shape index (κ1) is 22.0. The van der Waals surface area contributed by atoms with Gasteiger partial charge in [0.25, 0.3) is 0 Å². The fourth-order valence-electron chi connectivity index (χ4n) is 3.75. The second-order valence-corrected chi connectivity index (χ2v) is 7.79. The summed E-state index contributed by atoms with van der Waals surface area (Å²) in [5, 5.41) is 4.04. The van der Waals surface area contributed by atoms with Crippen LogP contribution in [0.25, 0.3) is 11.1 Å². The predicted molar refractivity (Wildman–Crippen MR) is 117 cm³/mol. The predicted octanol–water partition coefficient (Wildman–Crippen LogP) is 4.34. The highest BCUT2D eigenvalue weighted by Crippen LogP contribution is 2.35. The van der Waals surface area contributed by atoms with Gasteiger partial charge in [-0.15, -0.1) is 0 Å². The standard InChI is InChI=1S/C25H27NO6/c1-4-29-23(27)14-31-25(15-28-16-25)21-8-10-22(11-9-21)30-13-19-6-5-7-20(12-19)24-17(2)26-32-18(24)3/h5-12H,4,13-16H2,1-3H3. The first-order valence-corrected chi connectivity index (χ1v) is 10.6. The lowest BCUT2D eigenvalue weighted by Crippen LogP contribution is -2.49. The molecule has 0 bridgehead atoms. The van der Waals surface area contributed by atoms with Gasteiger partial charge in [0, 0.05) is 5.56 Å². The van der Waals surface area contributed by atoms with E-state index in [0.717, 1.165) is 39.5 Å². The van der Waals surface area contributed by atoms with Crippen molar-refractivity contribution in [1.82, 2.24) is 5.16 Å². The summed E-state index contributed by atoms with van der Waals surface area (Å²) in [6, 6.07) is 15.9. The van der Waals surface area contributed by atoms with Gasteiger partial charge in [-0.2, -0.15) is 0 Å². The third-order valence-corrected chi connectivity index (χ3v) is 5.48. The Morgan fingerprint density at radius 1 is 1.12 bits per heavy atom. The molecule has 2 heterocycles. The second kappa shape index (κ2) is 9.54. The summed E-state index contributed by atoms with van der Waals surface area (Å²) in [5.74, 6) is 1.17. The number of ether oxygens (including phenoxy) is 4. The van der Waals surface area contributed by atoms with E-state index in [1.54, 1.807) is 6.92 Å². The Balaban J connectivity index is 1.39. The molecule has 1 aliphatic heterocycles. The summed E-state index contributed by atoms with van der Waals surface area (Å²) in [5.41, 5.74) is 4.33. The van der Waals surface area contributed by atoms with Crippen LogP contribution in [-0.2, 0) is 31.2 Å². The number of rotatable bonds is 9. The smallest absolute Gasteiger partial charge is 0.332 e. The number of nitrogens with zero attached hydrogens (tertiary/aromatic N) is 1. The third kappa shape index (κ3) is 4.69. The molecule has 0 radical (unpaired) electrons. The molecule has 0 saturated carbocycles. The van der Waals surface area contributed by atoms with Crippen molar-refractivity contribution in [3.05, 3.63) is 71.1 Å². The van der Waals surface area contributed by atoms with Gasteiger partial charge >= 0.3 is 5.97 Å². The number of aromatic nitrogens is 1. The molecule has 0 amide bonds. The van der Waals surface area contributed by atoms with Crippen LogP contribution >= 0.6 is 0 Å². The summed E-state index contributed by atoms with van der Waals surface area (Å²) in [6.45, 7) is 7.09. The molecule has 4 rings (SSSR count). The fraction of sp³-hybridized carbons (Fsp3) is 0.360. The number of hydrogen-bond donors (Lipinski definition) is 0. The lowest BCUT2D eigenvalue weighted by molar-refractivity contribution is -0.221. The number of esters is 1. The van der Waals surface area contributed by atoms with Gasteiger partial charge in [-0.1, -0.05) is 35.5 Å². The van der Waals surface area contributed by atoms with E-state index in [1.165, 1.54) is 0 Å². The van der Waals surface area contributed by atoms with Crippen molar-refractivity contribution in [2.24, 2.45) is 0 Å². The molecule has 1 fully saturated rings. The van der Waals surface area contributed by atoms with E-state index in [1.807, 2.05) is 56.3 Å². The molecule has 0 unspecified atom stereocenters. The van der Waals surface area contributed by atoms with Crippen molar-refractivity contribution in [3.8, 4) is 16.9 Å². The molecule has 32 heavy (non-hydrogen) atoms. The van der Waals surface area contributed by atoms with E-state index in [9.17, 15) is 4.79 Å². The number of aryl methyl sites for hydroxylation is 2. The Labute approximate surface area is 187 Å². The minimum Gasteiger partial charge on any atom is -0.489 e. The van der Waals surface area contributed by atoms with Crippen LogP contribution in [0.4, 0.5) is 0 Å². The minimum atomic E-state index is -0.617. The van der Waals surface area contributed by atoms with Crippen molar-refractivity contribution in [2.45, 2.75) is 33.0 Å². The van der Waals surface area contributed by atoms with Gasteiger partial charge in [0.05, 0.1) is 25.5 Å². The molecule has 0 aliphatic carbocycles. The maximum absolute atomic E-state index is 11.7. The topological polar surface area (TPSA) is 80.0 Å². The van der Waals surface area contributed by atoms with Crippen LogP contribution < -0.4 is 4.74 Å². The monoisotopic (exact) mass is 437 g/mol. The lowest BCUT2D eigenvalue weighted by Gasteiger charge is -2.41. The van der Waals surface area contributed by atoms with Crippen molar-refractivity contribution < 1.29 is 28.3 Å². The van der Waals surface area contributed by atoms with Crippen LogP contribution in [0.3, 0.4) is 0 Å². The van der Waals surface area contributed by atoms with Crippen LogP contribution in [0.2, 0.25) is 0 Å². The lowest BCUT2D eigenvalue weighted by atomic mass is 9.91. The first-order chi connectivity index (χ1) is 15.5. The summed E-state index contributed by atoms with van der Waals surface area (Å²) >= 11 is 0. The molecular formula is C25H27NO6. The van der Waals surface area contributed by atoms with Gasteiger partial charge in [0.15, 0.2) is 0 Å². The Hall–Kier alpha value is -3.16. The molecule has 2 aromatic carbocycles. The molecule has 7 nitrogen and oxygen atoms in total. The molecule has 1 saturated heterocycles. The van der Waals surface area contributed by atoms with Crippen LogP contribution in [0, 0.1) is 13.8 Å². The van der Waals surface area contributed by atoms with Gasteiger partial charge < -0.3 is 23.5 Å². The average Bonchev–Trinajstić information content (AvgIpc) is 3.11. The van der Waals surface area contributed by atoms with Crippen LogP contribution in [0.15, 0.2) is 53.1 Å². The molecule has 3 aromatic rings. The molecule has 0 atom stereocenters. The van der Waals surface area contributed by atoms with Gasteiger partial charge in [0.2, 0.25) is 0 Å². The molecule has 0 N–H and O–H groups in total. The Bertz CT molecular complexity index is 1050. The van der Waals surface area contributed by atoms with E-state index < -0.39 is 5.60 Å². The zero-order valence-electron chi connectivity index (χ0n) is 18.6. The highest BCUT2D eigenvalue weighted by molar-refractivity contribution is 5.70. The Morgan fingerprint density at radius 2 is 1.91 bits per heavy atom. The highest BCUT2D eigenvalue weighted by atomic mass is 16.6. The van der Waals surface area contributed by atoms with Gasteiger partial charge in [-0.05, 0) is 55.7 Å². The van der Waals surface area contributed by atoms with Crippen molar-refractivity contribution in [2.75, 3.05) is 26.4 Å². The van der Waals surface area contributed by atoms with E-state index in [2.05, 4.69) is 11.2 Å². The van der Waals surface area contributed by atoms with E-state index in [4.69, 9.17) is 23.5 Å². The first-order valence-electron chi connectivity index (χ1n) is 10.6. The van der Waals surface area contributed by atoms with Crippen LogP contribution in [0.1, 0.15) is 29.5 Å². The summed E-state index contributed by atoms with van der Waals surface area (Å²) in [7, 11) is 0. The number of carbonyl (C=O) groups excluding carboxylic acids is 1. The van der Waals surface area contributed by atoms with Crippen molar-refractivity contribution >= 4 is 5.97 Å². The van der Waals surface area contributed by atoms with Gasteiger partial charge in [-0.3, -0.25) is 0 Å². The van der Waals surface area contributed by atoms with Crippen LogP contribution in [0.5, 0.6) is 5.75 Å². The third-order valence-electron chi connectivity index (χ3n) is 5.48. The number of benzene rings is 2. The minimum absolute atomic E-state index is 0.100. The number of hydrogen-bond acceptors (Lipinski definition) is 7. The summed E-state index contributed by atoms with van der Waals surface area (Å²) in [6.07, 6.45) is 0. The Morgan fingerprint density at radius 3 is 2.53 bits per heavy atom. The highest BCUT2D eigenvalue weighted by Gasteiger charge is 2.42. The normalized spacial score (nSPS) is 14.6. The molecule has 0 spiro atoms. The number of carbonyl (C=O) groups is 1. The average molecular weight is 437 g/mol. The van der Waals surface area contributed by atoms with Crippen LogP contribution in [-0.4, -0.2) is 37.6 Å². The molecule has 7 heteroatoms. The fourth-order valence-corrected chi connectivity index (χ4v) is 3.75.